The fourth-order valence-corrected chi connectivity index (χ4v) is 4.22. The molecule has 0 bridgehead atoms. The molecule has 6 nitrogen and oxygen atoms in total. The number of hydrogen-bond donors (Lipinski definition) is 0. The van der Waals surface area contributed by atoms with Crippen LogP contribution in [-0.4, -0.2) is 57.6 Å². The number of ether oxygens (including phenoxy) is 1. The SMILES string of the molecule is O=C(CSc1nnc(-c2ccccc2F)n1CCc1ccccc1)N1CCOCC1. The van der Waals surface area contributed by atoms with Crippen molar-refractivity contribution in [3.8, 4) is 11.4 Å². The molecule has 156 valence electrons. The molecule has 0 atom stereocenters. The molecule has 2 heterocycles. The molecule has 0 radical (unpaired) electrons. The highest BCUT2D eigenvalue weighted by molar-refractivity contribution is 7.99. The van der Waals surface area contributed by atoms with Crippen LogP contribution in [0.3, 0.4) is 0 Å². The number of carbonyl (C=O) groups is 1. The Morgan fingerprint density at radius 2 is 1.77 bits per heavy atom. The summed E-state index contributed by atoms with van der Waals surface area (Å²) in [6, 6.07) is 16.6. The van der Waals surface area contributed by atoms with Crippen LogP contribution in [0.25, 0.3) is 11.4 Å². The average molecular weight is 427 g/mol. The summed E-state index contributed by atoms with van der Waals surface area (Å²) in [6.45, 7) is 2.96. The van der Waals surface area contributed by atoms with E-state index in [2.05, 4.69) is 22.3 Å². The Hall–Kier alpha value is -2.71. The molecular formula is C22H23FN4O2S. The number of rotatable bonds is 7. The van der Waals surface area contributed by atoms with Gasteiger partial charge in [-0.2, -0.15) is 0 Å². The minimum Gasteiger partial charge on any atom is -0.378 e. The van der Waals surface area contributed by atoms with Gasteiger partial charge in [0.2, 0.25) is 5.91 Å². The van der Waals surface area contributed by atoms with Crippen molar-refractivity contribution >= 4 is 17.7 Å². The third-order valence-corrected chi connectivity index (χ3v) is 5.94. The quantitative estimate of drug-likeness (QED) is 0.543. The van der Waals surface area contributed by atoms with Crippen molar-refractivity contribution in [2.75, 3.05) is 32.1 Å². The molecule has 30 heavy (non-hydrogen) atoms. The Labute approximate surface area is 179 Å². The predicted octanol–water partition coefficient (Wildman–Crippen LogP) is 3.28. The normalized spacial score (nSPS) is 14.1. The molecule has 1 aliphatic rings. The zero-order valence-corrected chi connectivity index (χ0v) is 17.4. The van der Waals surface area contributed by atoms with Gasteiger partial charge in [-0.3, -0.25) is 4.79 Å². The Morgan fingerprint density at radius 1 is 1.03 bits per heavy atom. The predicted molar refractivity (Wildman–Crippen MR) is 114 cm³/mol. The summed E-state index contributed by atoms with van der Waals surface area (Å²) in [5.74, 6) is 0.450. The number of nitrogens with zero attached hydrogens (tertiary/aromatic N) is 4. The highest BCUT2D eigenvalue weighted by Crippen LogP contribution is 2.26. The molecule has 0 N–H and O–H groups in total. The van der Waals surface area contributed by atoms with E-state index >= 15 is 0 Å². The molecule has 3 aromatic rings. The first-order valence-electron chi connectivity index (χ1n) is 9.93. The summed E-state index contributed by atoms with van der Waals surface area (Å²) in [4.78, 5) is 14.3. The molecule has 0 spiro atoms. The molecule has 1 saturated heterocycles. The number of carbonyl (C=O) groups excluding carboxylic acids is 1. The van der Waals surface area contributed by atoms with Gasteiger partial charge in [0, 0.05) is 19.6 Å². The summed E-state index contributed by atoms with van der Waals surface area (Å²) in [5.41, 5.74) is 1.58. The second kappa shape index (κ2) is 9.86. The number of halogens is 1. The van der Waals surface area contributed by atoms with Gasteiger partial charge in [-0.05, 0) is 24.1 Å². The number of amides is 1. The van der Waals surface area contributed by atoms with Crippen molar-refractivity contribution in [1.82, 2.24) is 19.7 Å². The first-order valence-corrected chi connectivity index (χ1v) is 10.9. The number of morpholine rings is 1. The lowest BCUT2D eigenvalue weighted by atomic mass is 10.1. The maximum atomic E-state index is 14.4. The Kier molecular flexibility index (Phi) is 6.76. The van der Waals surface area contributed by atoms with Crippen LogP contribution in [0.1, 0.15) is 5.56 Å². The van der Waals surface area contributed by atoms with Crippen LogP contribution in [0.15, 0.2) is 59.8 Å². The maximum absolute atomic E-state index is 14.4. The van der Waals surface area contributed by atoms with Crippen molar-refractivity contribution in [3.05, 3.63) is 66.0 Å². The largest absolute Gasteiger partial charge is 0.378 e. The van der Waals surface area contributed by atoms with E-state index in [-0.39, 0.29) is 17.5 Å². The van der Waals surface area contributed by atoms with Gasteiger partial charge in [0.1, 0.15) is 5.82 Å². The highest BCUT2D eigenvalue weighted by atomic mass is 32.2. The molecule has 1 amide bonds. The van der Waals surface area contributed by atoms with Gasteiger partial charge in [0.05, 0.1) is 24.5 Å². The van der Waals surface area contributed by atoms with E-state index < -0.39 is 0 Å². The lowest BCUT2D eigenvalue weighted by Crippen LogP contribution is -2.41. The summed E-state index contributed by atoms with van der Waals surface area (Å²) in [7, 11) is 0. The van der Waals surface area contributed by atoms with Gasteiger partial charge >= 0.3 is 0 Å². The van der Waals surface area contributed by atoms with Crippen molar-refractivity contribution in [2.45, 2.75) is 18.1 Å². The van der Waals surface area contributed by atoms with Crippen molar-refractivity contribution in [2.24, 2.45) is 0 Å². The Balaban J connectivity index is 1.54. The van der Waals surface area contributed by atoms with Gasteiger partial charge in [0.15, 0.2) is 11.0 Å². The van der Waals surface area contributed by atoms with E-state index in [1.165, 1.54) is 23.4 Å². The number of aryl methyl sites for hydroxylation is 1. The standard InChI is InChI=1S/C22H23FN4O2S/c23-19-9-5-4-8-18(19)21-24-25-22(27(21)11-10-17-6-2-1-3-7-17)30-16-20(28)26-12-14-29-15-13-26/h1-9H,10-16H2. The smallest absolute Gasteiger partial charge is 0.233 e. The summed E-state index contributed by atoms with van der Waals surface area (Å²) >= 11 is 1.34. The molecule has 2 aromatic carbocycles. The molecule has 1 fully saturated rings. The van der Waals surface area contributed by atoms with E-state index in [9.17, 15) is 9.18 Å². The molecule has 0 aliphatic carbocycles. The molecule has 0 saturated carbocycles. The Bertz CT molecular complexity index is 990. The van der Waals surface area contributed by atoms with E-state index in [4.69, 9.17) is 4.74 Å². The number of hydrogen-bond acceptors (Lipinski definition) is 5. The first-order chi connectivity index (χ1) is 14.7. The van der Waals surface area contributed by atoms with Crippen LogP contribution in [-0.2, 0) is 22.5 Å². The van der Waals surface area contributed by atoms with E-state index in [1.807, 2.05) is 22.8 Å². The second-order valence-corrected chi connectivity index (χ2v) is 7.90. The minimum absolute atomic E-state index is 0.0494. The van der Waals surface area contributed by atoms with Crippen LogP contribution in [0.5, 0.6) is 0 Å². The van der Waals surface area contributed by atoms with Gasteiger partial charge in [-0.15, -0.1) is 10.2 Å². The fraction of sp³-hybridized carbons (Fsp3) is 0.318. The topological polar surface area (TPSA) is 60.2 Å². The molecule has 8 heteroatoms. The summed E-state index contributed by atoms with van der Waals surface area (Å²) in [6.07, 6.45) is 0.755. The Morgan fingerprint density at radius 3 is 2.53 bits per heavy atom. The van der Waals surface area contributed by atoms with E-state index in [0.29, 0.717) is 49.4 Å². The van der Waals surface area contributed by atoms with Crippen LogP contribution in [0.4, 0.5) is 4.39 Å². The fourth-order valence-electron chi connectivity index (χ4n) is 3.35. The number of aromatic nitrogens is 3. The van der Waals surface area contributed by atoms with Gasteiger partial charge in [-0.1, -0.05) is 54.2 Å². The van der Waals surface area contributed by atoms with Crippen LogP contribution in [0.2, 0.25) is 0 Å². The van der Waals surface area contributed by atoms with Crippen molar-refractivity contribution in [1.29, 1.82) is 0 Å². The van der Waals surface area contributed by atoms with Gasteiger partial charge in [-0.25, -0.2) is 4.39 Å². The monoisotopic (exact) mass is 426 g/mol. The van der Waals surface area contributed by atoms with E-state index in [0.717, 1.165) is 6.42 Å². The number of benzene rings is 2. The molecule has 0 unspecified atom stereocenters. The lowest BCUT2D eigenvalue weighted by Gasteiger charge is -2.26. The molecular weight excluding hydrogens is 403 g/mol. The van der Waals surface area contributed by atoms with Gasteiger partial charge in [0.25, 0.3) is 0 Å². The van der Waals surface area contributed by atoms with E-state index in [1.54, 1.807) is 23.1 Å². The number of thioether (sulfide) groups is 1. The molecule has 1 aliphatic heterocycles. The third-order valence-electron chi connectivity index (χ3n) is 4.99. The lowest BCUT2D eigenvalue weighted by molar-refractivity contribution is -0.132. The third kappa shape index (κ3) is 4.88. The van der Waals surface area contributed by atoms with Crippen molar-refractivity contribution < 1.29 is 13.9 Å². The van der Waals surface area contributed by atoms with Crippen LogP contribution < -0.4 is 0 Å². The molecule has 1 aromatic heterocycles. The average Bonchev–Trinajstić information content (AvgIpc) is 3.20. The van der Waals surface area contributed by atoms with Crippen LogP contribution in [0, 0.1) is 5.82 Å². The highest BCUT2D eigenvalue weighted by Gasteiger charge is 2.21. The molecule has 4 rings (SSSR count). The maximum Gasteiger partial charge on any atom is 0.233 e. The zero-order chi connectivity index (χ0) is 20.8. The zero-order valence-electron chi connectivity index (χ0n) is 16.5. The second-order valence-electron chi connectivity index (χ2n) is 6.96. The van der Waals surface area contributed by atoms with Crippen molar-refractivity contribution in [3.63, 3.8) is 0 Å². The van der Waals surface area contributed by atoms with Crippen LogP contribution >= 0.6 is 11.8 Å². The first kappa shape index (κ1) is 20.6. The summed E-state index contributed by atoms with van der Waals surface area (Å²) < 4.78 is 21.6. The van der Waals surface area contributed by atoms with Gasteiger partial charge < -0.3 is 14.2 Å². The summed E-state index contributed by atoms with van der Waals surface area (Å²) in [5, 5.41) is 9.15. The minimum atomic E-state index is -0.341.